The van der Waals surface area contributed by atoms with Gasteiger partial charge in [0.25, 0.3) is 0 Å². The summed E-state index contributed by atoms with van der Waals surface area (Å²) in [7, 11) is 1.73. The molecule has 1 fully saturated rings. The fourth-order valence-corrected chi connectivity index (χ4v) is 2.67. The van der Waals surface area contributed by atoms with Crippen LogP contribution in [0, 0.1) is 6.92 Å². The lowest BCUT2D eigenvalue weighted by Crippen LogP contribution is -2.44. The highest BCUT2D eigenvalue weighted by atomic mass is 16.5. The lowest BCUT2D eigenvalue weighted by Gasteiger charge is -2.37. The van der Waals surface area contributed by atoms with E-state index in [1.165, 1.54) is 11.1 Å². The molecule has 0 radical (unpaired) electrons. The summed E-state index contributed by atoms with van der Waals surface area (Å²) in [6.45, 7) is 4.88. The molecule has 0 unspecified atom stereocenters. The molecule has 94 valence electrons. The highest BCUT2D eigenvalue weighted by molar-refractivity contribution is 5.40. The second kappa shape index (κ2) is 5.07. The summed E-state index contributed by atoms with van der Waals surface area (Å²) >= 11 is 0. The third kappa shape index (κ3) is 2.31. The number of benzene rings is 1. The minimum Gasteiger partial charge on any atom is -0.496 e. The van der Waals surface area contributed by atoms with Crippen molar-refractivity contribution in [1.29, 1.82) is 0 Å². The predicted octanol–water partition coefficient (Wildman–Crippen LogP) is 1.58. The maximum absolute atomic E-state index is 6.03. The van der Waals surface area contributed by atoms with Crippen molar-refractivity contribution in [1.82, 2.24) is 5.32 Å². The molecule has 0 saturated carbocycles. The molecule has 0 amide bonds. The van der Waals surface area contributed by atoms with E-state index in [1.54, 1.807) is 7.11 Å². The van der Waals surface area contributed by atoms with Gasteiger partial charge in [-0.2, -0.15) is 0 Å². The molecule has 3 nitrogen and oxygen atoms in total. The molecule has 0 aliphatic carbocycles. The summed E-state index contributed by atoms with van der Waals surface area (Å²) in [5, 5.41) is 3.40. The van der Waals surface area contributed by atoms with E-state index in [1.807, 2.05) is 0 Å². The average molecular weight is 234 g/mol. The third-order valence-corrected chi connectivity index (χ3v) is 3.97. The molecular weight excluding hydrogens is 212 g/mol. The number of methoxy groups -OCH3 is 1. The summed E-state index contributed by atoms with van der Waals surface area (Å²) in [4.78, 5) is 0. The number of hydrogen-bond acceptors (Lipinski definition) is 3. The van der Waals surface area contributed by atoms with Crippen molar-refractivity contribution >= 4 is 0 Å². The van der Waals surface area contributed by atoms with Gasteiger partial charge in [0.15, 0.2) is 0 Å². The number of rotatable bonds is 3. The van der Waals surface area contributed by atoms with Gasteiger partial charge in [-0.25, -0.2) is 0 Å². The number of ether oxygens (including phenoxy) is 1. The lowest BCUT2D eigenvalue weighted by atomic mass is 9.73. The maximum atomic E-state index is 6.03. The first-order chi connectivity index (χ1) is 8.22. The van der Waals surface area contributed by atoms with Crippen LogP contribution in [0.1, 0.15) is 24.0 Å². The topological polar surface area (TPSA) is 47.3 Å². The van der Waals surface area contributed by atoms with E-state index in [-0.39, 0.29) is 5.41 Å². The Hall–Kier alpha value is -1.06. The fourth-order valence-electron chi connectivity index (χ4n) is 2.67. The molecule has 17 heavy (non-hydrogen) atoms. The summed E-state index contributed by atoms with van der Waals surface area (Å²) < 4.78 is 5.41. The van der Waals surface area contributed by atoms with E-state index < -0.39 is 0 Å². The van der Waals surface area contributed by atoms with Gasteiger partial charge in [0.05, 0.1) is 7.11 Å². The second-order valence-corrected chi connectivity index (χ2v) is 4.92. The first kappa shape index (κ1) is 12.4. The zero-order chi connectivity index (χ0) is 12.3. The van der Waals surface area contributed by atoms with E-state index in [0.29, 0.717) is 6.54 Å². The molecule has 1 aliphatic heterocycles. The molecule has 0 atom stereocenters. The van der Waals surface area contributed by atoms with Gasteiger partial charge in [0.2, 0.25) is 0 Å². The summed E-state index contributed by atoms with van der Waals surface area (Å²) in [6, 6.07) is 6.50. The Bertz CT molecular complexity index is 384. The Morgan fingerprint density at radius 1 is 1.35 bits per heavy atom. The highest BCUT2D eigenvalue weighted by Gasteiger charge is 2.32. The van der Waals surface area contributed by atoms with Crippen molar-refractivity contribution < 1.29 is 4.74 Å². The maximum Gasteiger partial charge on any atom is 0.122 e. The van der Waals surface area contributed by atoms with E-state index >= 15 is 0 Å². The van der Waals surface area contributed by atoms with Crippen LogP contribution < -0.4 is 15.8 Å². The Labute approximate surface area is 103 Å². The van der Waals surface area contributed by atoms with Crippen LogP contribution in [0.2, 0.25) is 0 Å². The molecule has 3 heteroatoms. The van der Waals surface area contributed by atoms with Crippen LogP contribution in [0.3, 0.4) is 0 Å². The average Bonchev–Trinajstić information content (AvgIpc) is 2.40. The molecule has 0 aromatic heterocycles. The molecule has 1 saturated heterocycles. The number of piperidine rings is 1. The Morgan fingerprint density at radius 2 is 2.06 bits per heavy atom. The van der Waals surface area contributed by atoms with Gasteiger partial charge in [0, 0.05) is 12.0 Å². The van der Waals surface area contributed by atoms with E-state index in [4.69, 9.17) is 10.5 Å². The Balaban J connectivity index is 2.36. The minimum absolute atomic E-state index is 0.131. The predicted molar refractivity (Wildman–Crippen MR) is 70.6 cm³/mol. The van der Waals surface area contributed by atoms with Crippen molar-refractivity contribution in [2.24, 2.45) is 5.73 Å². The molecule has 0 spiro atoms. The standard InChI is InChI=1S/C14H22N2O/c1-11-3-4-12(9-13(11)17-2)14(10-15)5-7-16-8-6-14/h3-4,9,16H,5-8,10,15H2,1-2H3. The van der Waals surface area contributed by atoms with Crippen LogP contribution >= 0.6 is 0 Å². The van der Waals surface area contributed by atoms with Crippen LogP contribution in [0.4, 0.5) is 0 Å². The monoisotopic (exact) mass is 234 g/mol. The van der Waals surface area contributed by atoms with E-state index in [2.05, 4.69) is 30.4 Å². The normalized spacial score (nSPS) is 19.0. The number of nitrogens with one attached hydrogen (secondary N) is 1. The van der Waals surface area contributed by atoms with Gasteiger partial charge in [-0.15, -0.1) is 0 Å². The largest absolute Gasteiger partial charge is 0.496 e. The van der Waals surface area contributed by atoms with Gasteiger partial charge in [-0.3, -0.25) is 0 Å². The Kier molecular flexibility index (Phi) is 3.69. The summed E-state index contributed by atoms with van der Waals surface area (Å²) in [5.74, 6) is 0.967. The van der Waals surface area contributed by atoms with Crippen LogP contribution in [0.15, 0.2) is 18.2 Å². The highest BCUT2D eigenvalue weighted by Crippen LogP contribution is 2.35. The van der Waals surface area contributed by atoms with Crippen LogP contribution in [-0.4, -0.2) is 26.7 Å². The van der Waals surface area contributed by atoms with Crippen molar-refractivity contribution in [3.05, 3.63) is 29.3 Å². The van der Waals surface area contributed by atoms with Crippen molar-refractivity contribution in [2.75, 3.05) is 26.7 Å². The SMILES string of the molecule is COc1cc(C2(CN)CCNCC2)ccc1C. The molecule has 1 aliphatic rings. The number of aryl methyl sites for hydroxylation is 1. The first-order valence-electron chi connectivity index (χ1n) is 6.28. The zero-order valence-corrected chi connectivity index (χ0v) is 10.8. The van der Waals surface area contributed by atoms with Crippen LogP contribution in [0.5, 0.6) is 5.75 Å². The van der Waals surface area contributed by atoms with Crippen molar-refractivity contribution in [3.8, 4) is 5.75 Å². The van der Waals surface area contributed by atoms with Crippen LogP contribution in [0.25, 0.3) is 0 Å². The molecule has 1 aromatic rings. The molecular formula is C14H22N2O. The molecule has 3 N–H and O–H groups in total. The van der Waals surface area contributed by atoms with E-state index in [0.717, 1.165) is 31.7 Å². The van der Waals surface area contributed by atoms with Gasteiger partial charge in [0.1, 0.15) is 5.75 Å². The van der Waals surface area contributed by atoms with Crippen molar-refractivity contribution in [2.45, 2.75) is 25.2 Å². The zero-order valence-electron chi connectivity index (χ0n) is 10.8. The molecule has 1 heterocycles. The minimum atomic E-state index is 0.131. The number of hydrogen-bond donors (Lipinski definition) is 2. The molecule has 2 rings (SSSR count). The van der Waals surface area contributed by atoms with Gasteiger partial charge >= 0.3 is 0 Å². The Morgan fingerprint density at radius 3 is 2.65 bits per heavy atom. The first-order valence-corrected chi connectivity index (χ1v) is 6.28. The summed E-state index contributed by atoms with van der Waals surface area (Å²) in [5.41, 5.74) is 8.66. The van der Waals surface area contributed by atoms with Crippen LogP contribution in [-0.2, 0) is 5.41 Å². The lowest BCUT2D eigenvalue weighted by molar-refractivity contribution is 0.314. The molecule has 1 aromatic carbocycles. The smallest absolute Gasteiger partial charge is 0.122 e. The fraction of sp³-hybridized carbons (Fsp3) is 0.571. The third-order valence-electron chi connectivity index (χ3n) is 3.97. The van der Waals surface area contributed by atoms with Gasteiger partial charge < -0.3 is 15.8 Å². The second-order valence-electron chi connectivity index (χ2n) is 4.92. The van der Waals surface area contributed by atoms with Gasteiger partial charge in [-0.1, -0.05) is 12.1 Å². The summed E-state index contributed by atoms with van der Waals surface area (Å²) in [6.07, 6.45) is 2.21. The van der Waals surface area contributed by atoms with E-state index in [9.17, 15) is 0 Å². The quantitative estimate of drug-likeness (QED) is 0.835. The number of nitrogens with two attached hydrogens (primary N) is 1. The van der Waals surface area contributed by atoms with Crippen molar-refractivity contribution in [3.63, 3.8) is 0 Å². The molecule has 0 bridgehead atoms. The van der Waals surface area contributed by atoms with Gasteiger partial charge in [-0.05, 0) is 50.0 Å².